The Balaban J connectivity index is 2.42. The summed E-state index contributed by atoms with van der Waals surface area (Å²) in [5.41, 5.74) is 3.34. The summed E-state index contributed by atoms with van der Waals surface area (Å²) in [6, 6.07) is 2.12. The summed E-state index contributed by atoms with van der Waals surface area (Å²) in [5, 5.41) is 3.31. The van der Waals surface area contributed by atoms with E-state index in [1.807, 2.05) is 33.0 Å². The van der Waals surface area contributed by atoms with Crippen molar-refractivity contribution < 1.29 is 8.42 Å². The molecule has 0 aliphatic carbocycles. The zero-order valence-electron chi connectivity index (χ0n) is 12.7. The molecule has 1 heterocycles. The van der Waals surface area contributed by atoms with Crippen LogP contribution in [0.2, 0.25) is 0 Å². The van der Waals surface area contributed by atoms with Crippen molar-refractivity contribution in [2.75, 3.05) is 12.3 Å². The van der Waals surface area contributed by atoms with E-state index in [1.165, 1.54) is 5.56 Å². The zero-order chi connectivity index (χ0) is 15.2. The van der Waals surface area contributed by atoms with E-state index >= 15 is 0 Å². The number of aryl methyl sites for hydroxylation is 2. The Morgan fingerprint density at radius 3 is 2.65 bits per heavy atom. The van der Waals surface area contributed by atoms with Crippen LogP contribution in [0.1, 0.15) is 37.1 Å². The fourth-order valence-corrected chi connectivity index (χ4v) is 3.04. The minimum absolute atomic E-state index is 0.0716. The number of nitrogens with zero attached hydrogens (tertiary/aromatic N) is 1. The molecule has 5 nitrogen and oxygen atoms in total. The Morgan fingerprint density at radius 1 is 1.35 bits per heavy atom. The number of nitrogens with one attached hydrogen (secondary N) is 2. The lowest BCUT2D eigenvalue weighted by Gasteiger charge is -2.15. The fraction of sp³-hybridized carbons (Fsp3) is 0.643. The molecule has 114 valence electrons. The van der Waals surface area contributed by atoms with Crippen molar-refractivity contribution in [3.8, 4) is 0 Å². The number of pyridine rings is 1. The van der Waals surface area contributed by atoms with E-state index in [2.05, 4.69) is 21.9 Å². The Hall–Kier alpha value is -0.980. The third kappa shape index (κ3) is 5.98. The highest BCUT2D eigenvalue weighted by molar-refractivity contribution is 7.89. The number of hydrogen-bond donors (Lipinski definition) is 2. The molecule has 0 unspecified atom stereocenters. The molecule has 0 fully saturated rings. The van der Waals surface area contributed by atoms with Crippen LogP contribution in [0.15, 0.2) is 12.3 Å². The molecule has 0 aliphatic heterocycles. The van der Waals surface area contributed by atoms with Gasteiger partial charge in [0.25, 0.3) is 0 Å². The van der Waals surface area contributed by atoms with E-state index < -0.39 is 10.0 Å². The average molecular weight is 299 g/mol. The molecule has 1 aromatic heterocycles. The van der Waals surface area contributed by atoms with E-state index in [9.17, 15) is 8.42 Å². The summed E-state index contributed by atoms with van der Waals surface area (Å²) >= 11 is 0. The summed E-state index contributed by atoms with van der Waals surface area (Å²) in [5.74, 6) is 0.181. The van der Waals surface area contributed by atoms with Crippen LogP contribution in [0.3, 0.4) is 0 Å². The zero-order valence-corrected chi connectivity index (χ0v) is 13.5. The normalized spacial score (nSPS) is 13.4. The van der Waals surface area contributed by atoms with Gasteiger partial charge in [0, 0.05) is 31.0 Å². The molecule has 1 atom stereocenters. The Bertz CT molecular complexity index is 529. The van der Waals surface area contributed by atoms with Gasteiger partial charge in [-0.2, -0.15) is 0 Å². The van der Waals surface area contributed by atoms with Crippen molar-refractivity contribution in [1.29, 1.82) is 0 Å². The van der Waals surface area contributed by atoms with Gasteiger partial charge in [0.1, 0.15) is 0 Å². The maximum absolute atomic E-state index is 11.6. The van der Waals surface area contributed by atoms with Gasteiger partial charge in [-0.1, -0.05) is 6.92 Å². The first-order valence-corrected chi connectivity index (χ1v) is 8.62. The van der Waals surface area contributed by atoms with Crippen molar-refractivity contribution >= 4 is 10.0 Å². The molecule has 0 amide bonds. The summed E-state index contributed by atoms with van der Waals surface area (Å²) in [6.45, 7) is 8.94. The van der Waals surface area contributed by atoms with Crippen LogP contribution >= 0.6 is 0 Å². The van der Waals surface area contributed by atoms with E-state index in [0.29, 0.717) is 19.5 Å². The molecule has 0 saturated heterocycles. The molecule has 0 bridgehead atoms. The van der Waals surface area contributed by atoms with Crippen molar-refractivity contribution in [3.63, 3.8) is 0 Å². The van der Waals surface area contributed by atoms with Gasteiger partial charge < -0.3 is 5.32 Å². The van der Waals surface area contributed by atoms with E-state index in [-0.39, 0.29) is 11.8 Å². The van der Waals surface area contributed by atoms with Crippen LogP contribution in [0.4, 0.5) is 0 Å². The SMILES string of the molecule is CCCS(=O)(=O)NC[C@@H](C)NCc1cnc(C)cc1C. The van der Waals surface area contributed by atoms with Gasteiger partial charge in [0.15, 0.2) is 0 Å². The van der Waals surface area contributed by atoms with Crippen molar-refractivity contribution in [2.45, 2.75) is 46.7 Å². The molecule has 6 heteroatoms. The molecular formula is C14H25N3O2S. The van der Waals surface area contributed by atoms with Crippen LogP contribution in [0.25, 0.3) is 0 Å². The van der Waals surface area contributed by atoms with Gasteiger partial charge in [0.05, 0.1) is 5.75 Å². The van der Waals surface area contributed by atoms with Gasteiger partial charge >= 0.3 is 0 Å². The highest BCUT2D eigenvalue weighted by atomic mass is 32.2. The molecule has 0 spiro atoms. The molecular weight excluding hydrogens is 274 g/mol. The predicted molar refractivity (Wildman–Crippen MR) is 82.1 cm³/mol. The van der Waals surface area contributed by atoms with Gasteiger partial charge in [-0.3, -0.25) is 4.98 Å². The molecule has 1 rings (SSSR count). The Labute approximate surface area is 122 Å². The van der Waals surface area contributed by atoms with Gasteiger partial charge in [-0.05, 0) is 44.4 Å². The standard InChI is InChI=1S/C14H25N3O2S/c1-5-6-20(18,19)17-8-13(4)16-10-14-9-15-12(3)7-11(14)2/h7,9,13,16-17H,5-6,8,10H2,1-4H3/t13-/m1/s1. The average Bonchev–Trinajstić information content (AvgIpc) is 2.35. The summed E-state index contributed by atoms with van der Waals surface area (Å²) in [6.07, 6.45) is 2.50. The Morgan fingerprint density at radius 2 is 2.05 bits per heavy atom. The molecule has 1 aromatic rings. The molecule has 2 N–H and O–H groups in total. The van der Waals surface area contributed by atoms with Gasteiger partial charge in [-0.15, -0.1) is 0 Å². The van der Waals surface area contributed by atoms with Crippen LogP contribution in [0.5, 0.6) is 0 Å². The second-order valence-corrected chi connectivity index (χ2v) is 7.13. The highest BCUT2D eigenvalue weighted by Gasteiger charge is 2.10. The summed E-state index contributed by atoms with van der Waals surface area (Å²) in [4.78, 5) is 4.28. The van der Waals surface area contributed by atoms with Crippen LogP contribution in [0, 0.1) is 13.8 Å². The number of hydrogen-bond acceptors (Lipinski definition) is 4. The lowest BCUT2D eigenvalue weighted by molar-refractivity contribution is 0.523. The van der Waals surface area contributed by atoms with Crippen molar-refractivity contribution in [1.82, 2.24) is 15.0 Å². The highest BCUT2D eigenvalue weighted by Crippen LogP contribution is 2.07. The molecule has 20 heavy (non-hydrogen) atoms. The summed E-state index contributed by atoms with van der Waals surface area (Å²) in [7, 11) is -3.13. The quantitative estimate of drug-likeness (QED) is 0.763. The molecule has 0 aliphatic rings. The molecule has 0 aromatic carbocycles. The van der Waals surface area contributed by atoms with Crippen LogP contribution < -0.4 is 10.0 Å². The fourth-order valence-electron chi connectivity index (χ4n) is 1.86. The Kier molecular flexibility index (Phi) is 6.58. The predicted octanol–water partition coefficient (Wildman–Crippen LogP) is 1.51. The number of rotatable bonds is 8. The largest absolute Gasteiger partial charge is 0.309 e. The van der Waals surface area contributed by atoms with Crippen LogP contribution in [-0.4, -0.2) is 31.7 Å². The summed E-state index contributed by atoms with van der Waals surface area (Å²) < 4.78 is 25.7. The van der Waals surface area contributed by atoms with Crippen molar-refractivity contribution in [2.24, 2.45) is 0 Å². The number of sulfonamides is 1. The van der Waals surface area contributed by atoms with Gasteiger partial charge in [-0.25, -0.2) is 13.1 Å². The van der Waals surface area contributed by atoms with Crippen molar-refractivity contribution in [3.05, 3.63) is 29.1 Å². The third-order valence-corrected chi connectivity index (χ3v) is 4.63. The van der Waals surface area contributed by atoms with E-state index in [0.717, 1.165) is 11.3 Å². The minimum Gasteiger partial charge on any atom is -0.309 e. The van der Waals surface area contributed by atoms with E-state index in [4.69, 9.17) is 0 Å². The smallest absolute Gasteiger partial charge is 0.211 e. The van der Waals surface area contributed by atoms with E-state index in [1.54, 1.807) is 0 Å². The minimum atomic E-state index is -3.13. The topological polar surface area (TPSA) is 71.1 Å². The lowest BCUT2D eigenvalue weighted by Crippen LogP contribution is -2.39. The first kappa shape index (κ1) is 17.1. The maximum Gasteiger partial charge on any atom is 0.211 e. The molecule has 0 radical (unpaired) electrons. The second-order valence-electron chi connectivity index (χ2n) is 5.20. The van der Waals surface area contributed by atoms with Crippen LogP contribution in [-0.2, 0) is 16.6 Å². The first-order valence-electron chi connectivity index (χ1n) is 6.97. The van der Waals surface area contributed by atoms with Gasteiger partial charge in [0.2, 0.25) is 10.0 Å². The lowest BCUT2D eigenvalue weighted by atomic mass is 10.1. The second kappa shape index (κ2) is 7.71. The molecule has 0 saturated carbocycles. The monoisotopic (exact) mass is 299 g/mol. The third-order valence-electron chi connectivity index (χ3n) is 3.08. The maximum atomic E-state index is 11.6. The first-order chi connectivity index (χ1) is 9.34. The number of aromatic nitrogens is 1.